The van der Waals surface area contributed by atoms with Crippen LogP contribution in [0, 0.1) is 11.6 Å². The first-order valence-electron chi connectivity index (χ1n) is 6.02. The van der Waals surface area contributed by atoms with Gasteiger partial charge in [-0.2, -0.15) is 0 Å². The Hall–Kier alpha value is -2.31. The average Bonchev–Trinajstić information content (AvgIpc) is 2.85. The van der Waals surface area contributed by atoms with Gasteiger partial charge in [0.15, 0.2) is 17.3 Å². The molecule has 5 nitrogen and oxygen atoms in total. The minimum atomic E-state index is -0.926. The van der Waals surface area contributed by atoms with Gasteiger partial charge in [-0.1, -0.05) is 24.3 Å². The van der Waals surface area contributed by atoms with Crippen LogP contribution in [0.1, 0.15) is 28.7 Å². The van der Waals surface area contributed by atoms with Gasteiger partial charge in [-0.05, 0) is 12.5 Å². The van der Waals surface area contributed by atoms with Crippen LogP contribution in [0.15, 0.2) is 18.2 Å². The summed E-state index contributed by atoms with van der Waals surface area (Å²) in [7, 11) is 1.24. The monoisotopic (exact) mass is 281 g/mol. The SMILES string of the molecule is CCc1c(C(=O)OC)nnn1Cc1cccc(F)c1F. The highest BCUT2D eigenvalue weighted by Gasteiger charge is 2.20. The van der Waals surface area contributed by atoms with Gasteiger partial charge in [-0.15, -0.1) is 5.10 Å². The summed E-state index contributed by atoms with van der Waals surface area (Å²) in [6, 6.07) is 3.91. The molecule has 0 aliphatic carbocycles. The molecule has 1 aromatic carbocycles. The van der Waals surface area contributed by atoms with Crippen molar-refractivity contribution in [2.24, 2.45) is 0 Å². The summed E-state index contributed by atoms with van der Waals surface area (Å²) in [6.07, 6.45) is 0.467. The number of esters is 1. The first-order chi connectivity index (χ1) is 9.58. The molecular formula is C13H13F2N3O2. The molecule has 0 radical (unpaired) electrons. The Kier molecular flexibility index (Phi) is 4.07. The highest BCUT2D eigenvalue weighted by atomic mass is 19.2. The molecule has 1 aromatic heterocycles. The number of aromatic nitrogens is 3. The minimum absolute atomic E-state index is 0.00321. The van der Waals surface area contributed by atoms with Gasteiger partial charge in [0.1, 0.15) is 0 Å². The number of methoxy groups -OCH3 is 1. The number of ether oxygens (including phenoxy) is 1. The molecule has 0 aliphatic rings. The van der Waals surface area contributed by atoms with Gasteiger partial charge in [0.2, 0.25) is 0 Å². The van der Waals surface area contributed by atoms with E-state index in [1.165, 1.54) is 23.9 Å². The number of benzene rings is 1. The van der Waals surface area contributed by atoms with E-state index in [-0.39, 0.29) is 17.8 Å². The van der Waals surface area contributed by atoms with Crippen LogP contribution in [0.2, 0.25) is 0 Å². The van der Waals surface area contributed by atoms with E-state index in [2.05, 4.69) is 15.0 Å². The van der Waals surface area contributed by atoms with E-state index in [1.807, 2.05) is 6.92 Å². The second kappa shape index (κ2) is 5.77. The normalized spacial score (nSPS) is 10.6. The smallest absolute Gasteiger partial charge is 0.360 e. The van der Waals surface area contributed by atoms with E-state index >= 15 is 0 Å². The summed E-state index contributed by atoms with van der Waals surface area (Å²) < 4.78 is 32.7. The highest BCUT2D eigenvalue weighted by Crippen LogP contribution is 2.15. The first kappa shape index (κ1) is 14.1. The molecule has 2 rings (SSSR count). The average molecular weight is 281 g/mol. The zero-order valence-electron chi connectivity index (χ0n) is 11.1. The van der Waals surface area contributed by atoms with Crippen molar-refractivity contribution >= 4 is 5.97 Å². The molecule has 106 valence electrons. The van der Waals surface area contributed by atoms with Crippen LogP contribution in [0.4, 0.5) is 8.78 Å². The molecule has 7 heteroatoms. The maximum atomic E-state index is 13.6. The Balaban J connectivity index is 2.37. The largest absolute Gasteiger partial charge is 0.464 e. The number of carbonyl (C=O) groups excluding carboxylic acids is 1. The number of hydrogen-bond acceptors (Lipinski definition) is 4. The van der Waals surface area contributed by atoms with Crippen molar-refractivity contribution in [3.8, 4) is 0 Å². The highest BCUT2D eigenvalue weighted by molar-refractivity contribution is 5.88. The molecular weight excluding hydrogens is 268 g/mol. The zero-order chi connectivity index (χ0) is 14.7. The van der Waals surface area contributed by atoms with Gasteiger partial charge >= 0.3 is 5.97 Å². The molecule has 0 saturated heterocycles. The fourth-order valence-electron chi connectivity index (χ4n) is 1.90. The summed E-state index contributed by atoms with van der Waals surface area (Å²) in [5.74, 6) is -2.45. The lowest BCUT2D eigenvalue weighted by Crippen LogP contribution is -2.11. The molecule has 0 saturated carbocycles. The summed E-state index contributed by atoms with van der Waals surface area (Å²) >= 11 is 0. The lowest BCUT2D eigenvalue weighted by molar-refractivity contribution is 0.0592. The molecule has 0 atom stereocenters. The summed E-state index contributed by atoms with van der Waals surface area (Å²) in [5.41, 5.74) is 0.744. The van der Waals surface area contributed by atoms with E-state index in [0.29, 0.717) is 12.1 Å². The van der Waals surface area contributed by atoms with Crippen LogP contribution in [-0.4, -0.2) is 28.1 Å². The van der Waals surface area contributed by atoms with Crippen LogP contribution in [0.25, 0.3) is 0 Å². The minimum Gasteiger partial charge on any atom is -0.464 e. The van der Waals surface area contributed by atoms with Gasteiger partial charge in [-0.25, -0.2) is 18.3 Å². The molecule has 0 aliphatic heterocycles. The van der Waals surface area contributed by atoms with E-state index in [9.17, 15) is 13.6 Å². The Morgan fingerprint density at radius 3 is 2.80 bits per heavy atom. The Morgan fingerprint density at radius 2 is 2.15 bits per heavy atom. The number of hydrogen-bond donors (Lipinski definition) is 0. The second-order valence-corrected chi connectivity index (χ2v) is 4.10. The van der Waals surface area contributed by atoms with E-state index in [1.54, 1.807) is 0 Å². The summed E-state index contributed by atoms with van der Waals surface area (Å²) in [6.45, 7) is 1.81. The maximum absolute atomic E-state index is 13.6. The molecule has 0 unspecified atom stereocenters. The lowest BCUT2D eigenvalue weighted by atomic mass is 10.2. The van der Waals surface area contributed by atoms with Gasteiger partial charge in [0.25, 0.3) is 0 Å². The van der Waals surface area contributed by atoms with Crippen molar-refractivity contribution in [1.82, 2.24) is 15.0 Å². The standard InChI is InChI=1S/C13H13F2N3O2/c1-3-10-12(13(19)20-2)16-17-18(10)7-8-5-4-6-9(14)11(8)15/h4-6H,3,7H2,1-2H3. The Labute approximate surface area is 114 Å². The molecule has 0 bridgehead atoms. The van der Waals surface area contributed by atoms with Gasteiger partial charge in [0, 0.05) is 5.56 Å². The third-order valence-corrected chi connectivity index (χ3v) is 2.90. The number of nitrogens with zero attached hydrogens (tertiary/aromatic N) is 3. The van der Waals surface area contributed by atoms with Gasteiger partial charge in [0.05, 0.1) is 19.3 Å². The fraction of sp³-hybridized carbons (Fsp3) is 0.308. The van der Waals surface area contributed by atoms with Crippen molar-refractivity contribution < 1.29 is 18.3 Å². The molecule has 2 aromatic rings. The first-order valence-corrected chi connectivity index (χ1v) is 6.02. The van der Waals surface area contributed by atoms with Crippen molar-refractivity contribution in [3.63, 3.8) is 0 Å². The van der Waals surface area contributed by atoms with Crippen LogP contribution in [0.3, 0.4) is 0 Å². The number of halogens is 2. The van der Waals surface area contributed by atoms with Crippen LogP contribution < -0.4 is 0 Å². The third-order valence-electron chi connectivity index (χ3n) is 2.90. The van der Waals surface area contributed by atoms with E-state index < -0.39 is 17.6 Å². The van der Waals surface area contributed by atoms with E-state index in [4.69, 9.17) is 0 Å². The second-order valence-electron chi connectivity index (χ2n) is 4.10. The van der Waals surface area contributed by atoms with Crippen LogP contribution in [0.5, 0.6) is 0 Å². The van der Waals surface area contributed by atoms with Crippen molar-refractivity contribution in [3.05, 3.63) is 46.8 Å². The summed E-state index contributed by atoms with van der Waals surface area (Å²) in [5, 5.41) is 7.53. The van der Waals surface area contributed by atoms with E-state index in [0.717, 1.165) is 6.07 Å². The van der Waals surface area contributed by atoms with Crippen molar-refractivity contribution in [1.29, 1.82) is 0 Å². The quantitative estimate of drug-likeness (QED) is 0.804. The molecule has 0 N–H and O–H groups in total. The number of carbonyl (C=O) groups is 1. The predicted octanol–water partition coefficient (Wildman–Crippen LogP) is 1.95. The van der Waals surface area contributed by atoms with Gasteiger partial charge in [-0.3, -0.25) is 0 Å². The summed E-state index contributed by atoms with van der Waals surface area (Å²) in [4.78, 5) is 11.5. The molecule has 0 fully saturated rings. The Bertz CT molecular complexity index is 641. The molecule has 1 heterocycles. The van der Waals surface area contributed by atoms with Crippen molar-refractivity contribution in [2.75, 3.05) is 7.11 Å². The zero-order valence-corrected chi connectivity index (χ0v) is 11.1. The third kappa shape index (κ3) is 2.52. The van der Waals surface area contributed by atoms with Crippen LogP contribution in [-0.2, 0) is 17.7 Å². The van der Waals surface area contributed by atoms with Gasteiger partial charge < -0.3 is 4.74 Å². The maximum Gasteiger partial charge on any atom is 0.360 e. The topological polar surface area (TPSA) is 57.0 Å². The van der Waals surface area contributed by atoms with Crippen LogP contribution >= 0.6 is 0 Å². The molecule has 0 amide bonds. The Morgan fingerprint density at radius 1 is 1.40 bits per heavy atom. The predicted molar refractivity (Wildman–Crippen MR) is 66.2 cm³/mol. The fourth-order valence-corrected chi connectivity index (χ4v) is 1.90. The molecule has 20 heavy (non-hydrogen) atoms. The number of rotatable bonds is 4. The van der Waals surface area contributed by atoms with Crippen molar-refractivity contribution in [2.45, 2.75) is 19.9 Å². The molecule has 0 spiro atoms. The lowest BCUT2D eigenvalue weighted by Gasteiger charge is -2.07.